The molecule has 0 aromatic heterocycles. The average Bonchev–Trinajstić information content (AvgIpc) is 2.03. The zero-order valence-corrected chi connectivity index (χ0v) is 7.05. The van der Waals surface area contributed by atoms with E-state index in [-0.39, 0.29) is 5.97 Å². The summed E-state index contributed by atoms with van der Waals surface area (Å²) in [4.78, 5) is 10.9. The highest BCUT2D eigenvalue weighted by Crippen LogP contribution is 1.96. The van der Waals surface area contributed by atoms with Crippen molar-refractivity contribution >= 4 is 5.97 Å². The first-order valence-electron chi connectivity index (χ1n) is 3.38. The monoisotopic (exact) mass is 152 g/mol. The number of hydrogen-bond donors (Lipinski definition) is 0. The second-order valence-corrected chi connectivity index (χ2v) is 1.84. The molecule has 0 N–H and O–H groups in total. The van der Waals surface area contributed by atoms with E-state index >= 15 is 0 Å². The third-order valence-electron chi connectivity index (χ3n) is 1.04. The molecular formula is C9H12O2. The maximum Gasteiger partial charge on any atom is 0.345 e. The molecule has 0 amide bonds. The summed E-state index contributed by atoms with van der Waals surface area (Å²) < 4.78 is 4.51. The maximum atomic E-state index is 10.9. The molecule has 0 spiro atoms. The van der Waals surface area contributed by atoms with Crippen LogP contribution in [0.1, 0.15) is 13.8 Å². The molecule has 60 valence electrons. The number of allylic oxidation sites excluding steroid dienone is 1. The molecule has 2 heteroatoms. The van der Waals surface area contributed by atoms with E-state index in [1.54, 1.807) is 25.2 Å². The van der Waals surface area contributed by atoms with Gasteiger partial charge in [0.05, 0.1) is 7.11 Å². The lowest BCUT2D eigenvalue weighted by molar-refractivity contribution is -0.135. The van der Waals surface area contributed by atoms with Crippen molar-refractivity contribution < 1.29 is 9.53 Å². The average molecular weight is 152 g/mol. The lowest BCUT2D eigenvalue weighted by Gasteiger charge is -1.94. The van der Waals surface area contributed by atoms with Crippen LogP contribution in [0.3, 0.4) is 0 Å². The Kier molecular flexibility index (Phi) is 4.87. The van der Waals surface area contributed by atoms with E-state index in [0.717, 1.165) is 0 Å². The van der Waals surface area contributed by atoms with Crippen molar-refractivity contribution in [2.24, 2.45) is 0 Å². The second-order valence-electron chi connectivity index (χ2n) is 1.84. The van der Waals surface area contributed by atoms with Gasteiger partial charge in [0.1, 0.15) is 5.57 Å². The molecule has 0 unspecified atom stereocenters. The van der Waals surface area contributed by atoms with Crippen LogP contribution < -0.4 is 0 Å². The van der Waals surface area contributed by atoms with Crippen LogP contribution in [0.25, 0.3) is 0 Å². The highest BCUT2D eigenvalue weighted by Gasteiger charge is 2.02. The van der Waals surface area contributed by atoms with Gasteiger partial charge in [0, 0.05) is 0 Å². The fourth-order valence-electron chi connectivity index (χ4n) is 0.607. The zero-order chi connectivity index (χ0) is 8.69. The number of rotatable bonds is 2. The van der Waals surface area contributed by atoms with Gasteiger partial charge in [-0.05, 0) is 26.0 Å². The van der Waals surface area contributed by atoms with Crippen molar-refractivity contribution in [3.63, 3.8) is 0 Å². The van der Waals surface area contributed by atoms with Gasteiger partial charge in [-0.15, -0.1) is 5.73 Å². The van der Waals surface area contributed by atoms with Crippen molar-refractivity contribution in [2.75, 3.05) is 7.11 Å². The Hall–Kier alpha value is -1.27. The Morgan fingerprint density at radius 1 is 1.45 bits per heavy atom. The number of ether oxygens (including phenoxy) is 1. The van der Waals surface area contributed by atoms with Crippen molar-refractivity contribution in [2.45, 2.75) is 13.8 Å². The predicted molar refractivity (Wildman–Crippen MR) is 44.1 cm³/mol. The van der Waals surface area contributed by atoms with E-state index in [0.29, 0.717) is 5.57 Å². The van der Waals surface area contributed by atoms with Crippen molar-refractivity contribution in [1.82, 2.24) is 0 Å². The van der Waals surface area contributed by atoms with E-state index in [1.165, 1.54) is 7.11 Å². The van der Waals surface area contributed by atoms with Gasteiger partial charge in [0.2, 0.25) is 0 Å². The Balaban J connectivity index is 4.62. The summed E-state index contributed by atoms with van der Waals surface area (Å²) in [7, 11) is 1.35. The third kappa shape index (κ3) is 3.43. The normalized spacial score (nSPS) is 9.00. The first-order chi connectivity index (χ1) is 5.26. The summed E-state index contributed by atoms with van der Waals surface area (Å²) in [5, 5.41) is 0. The molecule has 0 rings (SSSR count). The fraction of sp³-hybridized carbons (Fsp3) is 0.333. The summed E-state index contributed by atoms with van der Waals surface area (Å²) in [5.74, 6) is -0.360. The van der Waals surface area contributed by atoms with Gasteiger partial charge in [-0.3, -0.25) is 0 Å². The standard InChI is InChI=1S/C9H12O2/c1-4-6-8(7-5-2)9(10)11-3/h4-6H,1-3H3. The van der Waals surface area contributed by atoms with Gasteiger partial charge in [-0.2, -0.15) is 0 Å². The minimum atomic E-state index is -0.360. The van der Waals surface area contributed by atoms with Crippen LogP contribution in [0.4, 0.5) is 0 Å². The molecule has 0 aliphatic rings. The van der Waals surface area contributed by atoms with Crippen LogP contribution in [-0.2, 0) is 9.53 Å². The lowest BCUT2D eigenvalue weighted by atomic mass is 10.2. The number of methoxy groups -OCH3 is 1. The smallest absolute Gasteiger partial charge is 0.345 e. The number of carbonyl (C=O) groups excluding carboxylic acids is 1. The highest BCUT2D eigenvalue weighted by atomic mass is 16.5. The van der Waals surface area contributed by atoms with Crippen molar-refractivity contribution in [3.8, 4) is 0 Å². The van der Waals surface area contributed by atoms with Gasteiger partial charge >= 0.3 is 5.97 Å². The summed E-state index contributed by atoms with van der Waals surface area (Å²) in [6.07, 6.45) is 5.10. The molecule has 0 heterocycles. The number of carbonyl (C=O) groups is 1. The molecule has 0 saturated heterocycles. The molecule has 0 aromatic carbocycles. The Labute approximate surface area is 66.9 Å². The fourth-order valence-corrected chi connectivity index (χ4v) is 0.607. The predicted octanol–water partition coefficient (Wildman–Crippen LogP) is 1.84. The SMILES string of the molecule is CC=C=C(C=CC)C(=O)OC. The largest absolute Gasteiger partial charge is 0.465 e. The van der Waals surface area contributed by atoms with Crippen molar-refractivity contribution in [3.05, 3.63) is 29.5 Å². The summed E-state index contributed by atoms with van der Waals surface area (Å²) in [6.45, 7) is 3.63. The topological polar surface area (TPSA) is 26.3 Å². The van der Waals surface area contributed by atoms with E-state index in [9.17, 15) is 4.79 Å². The highest BCUT2D eigenvalue weighted by molar-refractivity contribution is 5.91. The number of esters is 1. The second kappa shape index (κ2) is 5.51. The number of hydrogen-bond acceptors (Lipinski definition) is 2. The third-order valence-corrected chi connectivity index (χ3v) is 1.04. The summed E-state index contributed by atoms with van der Waals surface area (Å²) in [6, 6.07) is 0. The Bertz CT molecular complexity index is 218. The Morgan fingerprint density at radius 2 is 2.09 bits per heavy atom. The van der Waals surface area contributed by atoms with E-state index in [2.05, 4.69) is 10.5 Å². The molecule has 0 fully saturated rings. The van der Waals surface area contributed by atoms with Gasteiger partial charge < -0.3 is 4.74 Å². The molecular weight excluding hydrogens is 140 g/mol. The van der Waals surface area contributed by atoms with Crippen LogP contribution in [-0.4, -0.2) is 13.1 Å². The van der Waals surface area contributed by atoms with E-state index < -0.39 is 0 Å². The van der Waals surface area contributed by atoms with E-state index in [4.69, 9.17) is 0 Å². The van der Waals surface area contributed by atoms with Crippen molar-refractivity contribution in [1.29, 1.82) is 0 Å². The molecule has 0 bridgehead atoms. The van der Waals surface area contributed by atoms with Gasteiger partial charge in [-0.25, -0.2) is 4.79 Å². The molecule has 0 atom stereocenters. The zero-order valence-electron chi connectivity index (χ0n) is 7.05. The van der Waals surface area contributed by atoms with Crippen LogP contribution in [0.5, 0.6) is 0 Å². The molecule has 0 radical (unpaired) electrons. The molecule has 11 heavy (non-hydrogen) atoms. The minimum absolute atomic E-state index is 0.360. The summed E-state index contributed by atoms with van der Waals surface area (Å²) >= 11 is 0. The summed E-state index contributed by atoms with van der Waals surface area (Å²) in [5.41, 5.74) is 3.21. The maximum absolute atomic E-state index is 10.9. The quantitative estimate of drug-likeness (QED) is 0.261. The first-order valence-corrected chi connectivity index (χ1v) is 3.38. The minimum Gasteiger partial charge on any atom is -0.465 e. The first kappa shape index (κ1) is 9.73. The Morgan fingerprint density at radius 3 is 2.45 bits per heavy atom. The van der Waals surface area contributed by atoms with Gasteiger partial charge in [0.15, 0.2) is 0 Å². The van der Waals surface area contributed by atoms with Gasteiger partial charge in [-0.1, -0.05) is 6.08 Å². The molecule has 0 saturated carbocycles. The molecule has 2 nitrogen and oxygen atoms in total. The van der Waals surface area contributed by atoms with Crippen LogP contribution in [0, 0.1) is 0 Å². The van der Waals surface area contributed by atoms with E-state index in [1.807, 2.05) is 6.92 Å². The lowest BCUT2D eigenvalue weighted by Crippen LogP contribution is -2.01. The van der Waals surface area contributed by atoms with Gasteiger partial charge in [0.25, 0.3) is 0 Å². The van der Waals surface area contributed by atoms with Crippen LogP contribution >= 0.6 is 0 Å². The van der Waals surface area contributed by atoms with Crippen LogP contribution in [0.2, 0.25) is 0 Å². The molecule has 0 aromatic rings. The molecule has 0 aliphatic carbocycles. The molecule has 0 aliphatic heterocycles. The van der Waals surface area contributed by atoms with Crippen LogP contribution in [0.15, 0.2) is 29.5 Å².